The number of ether oxygens (including phenoxy) is 1. The molecule has 3 heteroatoms. The van der Waals surface area contributed by atoms with Gasteiger partial charge in [-0.15, -0.1) is 0 Å². The average Bonchev–Trinajstić information content (AvgIpc) is 2.66. The number of hydrogen-bond acceptors (Lipinski definition) is 3. The van der Waals surface area contributed by atoms with E-state index in [1.165, 1.54) is 38.5 Å². The van der Waals surface area contributed by atoms with Crippen molar-refractivity contribution in [2.75, 3.05) is 26.7 Å². The van der Waals surface area contributed by atoms with Crippen molar-refractivity contribution >= 4 is 0 Å². The molecule has 0 saturated heterocycles. The van der Waals surface area contributed by atoms with Crippen LogP contribution in [-0.2, 0) is 4.74 Å². The van der Waals surface area contributed by atoms with Crippen LogP contribution in [0.4, 0.5) is 0 Å². The predicted molar refractivity (Wildman–Crippen MR) is 82.4 cm³/mol. The Kier molecular flexibility index (Phi) is 6.78. The molecule has 0 heterocycles. The molecule has 114 valence electrons. The number of methoxy groups -OCH3 is 1. The molecular weight excluding hydrogens is 236 g/mol. The molecular formula is C16H34N2O. The van der Waals surface area contributed by atoms with Crippen LogP contribution < -0.4 is 5.73 Å². The summed E-state index contributed by atoms with van der Waals surface area (Å²) in [7, 11) is 1.81. The summed E-state index contributed by atoms with van der Waals surface area (Å²) >= 11 is 0. The first kappa shape index (κ1) is 16.9. The SMILES string of the molecule is CCN(CCC(C)(C)OC)C1(CN)CCCCCC1. The second-order valence-corrected chi connectivity index (χ2v) is 6.64. The molecule has 1 aliphatic carbocycles. The van der Waals surface area contributed by atoms with Crippen molar-refractivity contribution < 1.29 is 4.74 Å². The topological polar surface area (TPSA) is 38.5 Å². The molecule has 19 heavy (non-hydrogen) atoms. The molecule has 2 N–H and O–H groups in total. The lowest BCUT2D eigenvalue weighted by atomic mass is 9.87. The maximum Gasteiger partial charge on any atom is 0.0634 e. The highest BCUT2D eigenvalue weighted by Gasteiger charge is 2.35. The van der Waals surface area contributed by atoms with Crippen LogP contribution in [0.1, 0.15) is 65.7 Å². The monoisotopic (exact) mass is 270 g/mol. The fraction of sp³-hybridized carbons (Fsp3) is 1.00. The van der Waals surface area contributed by atoms with Crippen molar-refractivity contribution in [1.29, 1.82) is 0 Å². The van der Waals surface area contributed by atoms with E-state index in [4.69, 9.17) is 10.5 Å². The van der Waals surface area contributed by atoms with Crippen LogP contribution in [0.25, 0.3) is 0 Å². The quantitative estimate of drug-likeness (QED) is 0.722. The molecule has 0 atom stereocenters. The number of nitrogens with zero attached hydrogens (tertiary/aromatic N) is 1. The Balaban J connectivity index is 2.68. The van der Waals surface area contributed by atoms with Gasteiger partial charge >= 0.3 is 0 Å². The molecule has 0 unspecified atom stereocenters. The summed E-state index contributed by atoms with van der Waals surface area (Å²) in [6.07, 6.45) is 9.03. The zero-order valence-electron chi connectivity index (χ0n) is 13.5. The maximum absolute atomic E-state index is 6.18. The van der Waals surface area contributed by atoms with E-state index in [0.29, 0.717) is 0 Å². The van der Waals surface area contributed by atoms with Crippen LogP contribution in [0.2, 0.25) is 0 Å². The van der Waals surface area contributed by atoms with Crippen molar-refractivity contribution in [2.45, 2.75) is 76.9 Å². The Morgan fingerprint density at radius 1 is 1.16 bits per heavy atom. The van der Waals surface area contributed by atoms with Gasteiger partial charge in [0.05, 0.1) is 5.60 Å². The van der Waals surface area contributed by atoms with Gasteiger partial charge in [-0.25, -0.2) is 0 Å². The Hall–Kier alpha value is -0.120. The molecule has 1 rings (SSSR count). The van der Waals surface area contributed by atoms with Crippen LogP contribution in [0.5, 0.6) is 0 Å². The van der Waals surface area contributed by atoms with Crippen molar-refractivity contribution in [2.24, 2.45) is 5.73 Å². The number of rotatable bonds is 7. The molecule has 1 fully saturated rings. The summed E-state index contributed by atoms with van der Waals surface area (Å²) in [6.45, 7) is 9.59. The van der Waals surface area contributed by atoms with Crippen molar-refractivity contribution in [1.82, 2.24) is 4.90 Å². The fourth-order valence-corrected chi connectivity index (χ4v) is 3.27. The maximum atomic E-state index is 6.18. The van der Waals surface area contributed by atoms with Crippen LogP contribution in [0.15, 0.2) is 0 Å². The van der Waals surface area contributed by atoms with Crippen LogP contribution in [0, 0.1) is 0 Å². The van der Waals surface area contributed by atoms with E-state index in [1.807, 2.05) is 0 Å². The smallest absolute Gasteiger partial charge is 0.0634 e. The highest BCUT2D eigenvalue weighted by molar-refractivity contribution is 4.93. The number of nitrogens with two attached hydrogens (primary N) is 1. The first-order chi connectivity index (χ1) is 8.99. The van der Waals surface area contributed by atoms with Crippen molar-refractivity contribution in [3.63, 3.8) is 0 Å². The van der Waals surface area contributed by atoms with Gasteiger partial charge in [0.1, 0.15) is 0 Å². The minimum Gasteiger partial charge on any atom is -0.379 e. The second-order valence-electron chi connectivity index (χ2n) is 6.64. The molecule has 0 spiro atoms. The molecule has 0 aromatic rings. The highest BCUT2D eigenvalue weighted by atomic mass is 16.5. The summed E-state index contributed by atoms with van der Waals surface area (Å²) < 4.78 is 5.55. The van der Waals surface area contributed by atoms with Crippen LogP contribution >= 0.6 is 0 Å². The Morgan fingerprint density at radius 3 is 2.16 bits per heavy atom. The largest absolute Gasteiger partial charge is 0.379 e. The van der Waals surface area contributed by atoms with Gasteiger partial charge < -0.3 is 10.5 Å². The zero-order valence-corrected chi connectivity index (χ0v) is 13.5. The molecule has 0 amide bonds. The third-order valence-electron chi connectivity index (χ3n) is 5.00. The number of likely N-dealkylation sites (N-methyl/N-ethyl adjacent to an activating group) is 1. The normalized spacial score (nSPS) is 20.5. The lowest BCUT2D eigenvalue weighted by Gasteiger charge is -2.44. The first-order valence-corrected chi connectivity index (χ1v) is 8.00. The van der Waals surface area contributed by atoms with Gasteiger partial charge in [0.25, 0.3) is 0 Å². The van der Waals surface area contributed by atoms with E-state index in [1.54, 1.807) is 7.11 Å². The van der Waals surface area contributed by atoms with Gasteiger partial charge in [-0.05, 0) is 39.7 Å². The van der Waals surface area contributed by atoms with Gasteiger partial charge in [0.2, 0.25) is 0 Å². The zero-order chi connectivity index (χ0) is 14.4. The van der Waals surface area contributed by atoms with E-state index in [0.717, 1.165) is 26.1 Å². The third-order valence-corrected chi connectivity index (χ3v) is 5.00. The Labute approximate surface area is 119 Å². The van der Waals surface area contributed by atoms with E-state index in [-0.39, 0.29) is 11.1 Å². The lowest BCUT2D eigenvalue weighted by molar-refractivity contribution is -0.00738. The summed E-state index contributed by atoms with van der Waals surface area (Å²) in [5.41, 5.74) is 6.39. The van der Waals surface area contributed by atoms with Gasteiger partial charge in [0, 0.05) is 25.7 Å². The van der Waals surface area contributed by atoms with E-state index < -0.39 is 0 Å². The number of hydrogen-bond donors (Lipinski definition) is 1. The fourth-order valence-electron chi connectivity index (χ4n) is 3.27. The minimum atomic E-state index is -0.0338. The lowest BCUT2D eigenvalue weighted by Crippen LogP contribution is -2.54. The standard InChI is InChI=1S/C16H34N2O/c1-5-18(13-12-15(2,3)19-4)16(14-17)10-8-6-7-9-11-16/h5-14,17H2,1-4H3. The van der Waals surface area contributed by atoms with E-state index in [9.17, 15) is 0 Å². The molecule has 1 aliphatic rings. The summed E-state index contributed by atoms with van der Waals surface area (Å²) in [4.78, 5) is 2.62. The van der Waals surface area contributed by atoms with Gasteiger partial charge in [0.15, 0.2) is 0 Å². The summed E-state index contributed by atoms with van der Waals surface area (Å²) in [6, 6.07) is 0. The Morgan fingerprint density at radius 2 is 1.74 bits per heavy atom. The molecule has 1 saturated carbocycles. The van der Waals surface area contributed by atoms with E-state index >= 15 is 0 Å². The molecule has 0 aliphatic heterocycles. The van der Waals surface area contributed by atoms with Crippen LogP contribution in [-0.4, -0.2) is 42.8 Å². The highest BCUT2D eigenvalue weighted by Crippen LogP contribution is 2.32. The van der Waals surface area contributed by atoms with Crippen molar-refractivity contribution in [3.05, 3.63) is 0 Å². The van der Waals surface area contributed by atoms with Crippen LogP contribution in [0.3, 0.4) is 0 Å². The second kappa shape index (κ2) is 7.61. The third kappa shape index (κ3) is 4.73. The van der Waals surface area contributed by atoms with Gasteiger partial charge in [-0.2, -0.15) is 0 Å². The van der Waals surface area contributed by atoms with Crippen molar-refractivity contribution in [3.8, 4) is 0 Å². The summed E-state index contributed by atoms with van der Waals surface area (Å²) in [5, 5.41) is 0. The average molecular weight is 270 g/mol. The minimum absolute atomic E-state index is 0.0338. The van der Waals surface area contributed by atoms with Gasteiger partial charge in [-0.1, -0.05) is 32.6 Å². The molecule has 0 radical (unpaired) electrons. The molecule has 0 bridgehead atoms. The molecule has 3 nitrogen and oxygen atoms in total. The van der Waals surface area contributed by atoms with E-state index in [2.05, 4.69) is 25.7 Å². The Bertz CT molecular complexity index is 245. The first-order valence-electron chi connectivity index (χ1n) is 8.00. The molecule has 0 aromatic heterocycles. The predicted octanol–water partition coefficient (Wildman–Crippen LogP) is 3.18. The van der Waals surface area contributed by atoms with Gasteiger partial charge in [-0.3, -0.25) is 4.90 Å². The molecule has 0 aromatic carbocycles. The summed E-state index contributed by atoms with van der Waals surface area (Å²) in [5.74, 6) is 0.